The Bertz CT molecular complexity index is 616. The minimum absolute atomic E-state index is 0.381. The maximum Gasteiger partial charge on any atom is 0.240 e. The minimum atomic E-state index is -0.441. The molecule has 0 spiro atoms. The van der Waals surface area contributed by atoms with E-state index in [1.165, 1.54) is 0 Å². The first-order chi connectivity index (χ1) is 11.1. The van der Waals surface area contributed by atoms with Crippen LogP contribution in [0.1, 0.15) is 30.3 Å². The number of hydrogen-bond acceptors (Lipinski definition) is 6. The predicted octanol–water partition coefficient (Wildman–Crippen LogP) is 1.62. The minimum Gasteiger partial charge on any atom is -0.387 e. The summed E-state index contributed by atoms with van der Waals surface area (Å²) in [4.78, 5) is 8.93. The van der Waals surface area contributed by atoms with E-state index < -0.39 is 6.10 Å². The Morgan fingerprint density at radius 2 is 2.09 bits per heavy atom. The van der Waals surface area contributed by atoms with E-state index >= 15 is 0 Å². The molecule has 1 saturated heterocycles. The number of aliphatic hydroxyl groups excluding tert-OH is 1. The highest BCUT2D eigenvalue weighted by Crippen LogP contribution is 2.18. The first-order valence-electron chi connectivity index (χ1n) is 8.10. The molecule has 0 aliphatic carbocycles. The lowest BCUT2D eigenvalue weighted by Crippen LogP contribution is -2.52. The highest BCUT2D eigenvalue weighted by atomic mass is 16.5. The van der Waals surface area contributed by atoms with Crippen LogP contribution in [-0.2, 0) is 6.54 Å². The zero-order valence-corrected chi connectivity index (χ0v) is 13.7. The molecule has 0 bridgehead atoms. The van der Waals surface area contributed by atoms with Crippen LogP contribution in [0, 0.1) is 6.92 Å². The van der Waals surface area contributed by atoms with Crippen LogP contribution < -0.4 is 0 Å². The van der Waals surface area contributed by atoms with Gasteiger partial charge < -0.3 is 9.63 Å². The fourth-order valence-corrected chi connectivity index (χ4v) is 3.08. The molecule has 2 atom stereocenters. The van der Waals surface area contributed by atoms with E-state index in [0.29, 0.717) is 30.8 Å². The summed E-state index contributed by atoms with van der Waals surface area (Å²) < 4.78 is 5.20. The number of hydrogen-bond donors (Lipinski definition) is 1. The van der Waals surface area contributed by atoms with Gasteiger partial charge >= 0.3 is 0 Å². The van der Waals surface area contributed by atoms with Gasteiger partial charge in [-0.3, -0.25) is 9.80 Å². The normalized spacial score (nSPS) is 21.4. The molecule has 23 heavy (non-hydrogen) atoms. The van der Waals surface area contributed by atoms with Gasteiger partial charge in [0.15, 0.2) is 5.82 Å². The van der Waals surface area contributed by atoms with Crippen molar-refractivity contribution in [1.82, 2.24) is 19.9 Å². The molecule has 0 saturated carbocycles. The SMILES string of the molecule is Cc1noc(CN2CCN(C[C@@H](O)c3ccccc3)[C@H](C)C2)n1. The molecule has 6 nitrogen and oxygen atoms in total. The largest absolute Gasteiger partial charge is 0.387 e. The van der Waals surface area contributed by atoms with Crippen LogP contribution >= 0.6 is 0 Å². The third-order valence-electron chi connectivity index (χ3n) is 4.37. The zero-order valence-electron chi connectivity index (χ0n) is 13.7. The lowest BCUT2D eigenvalue weighted by Gasteiger charge is -2.40. The molecule has 124 valence electrons. The quantitative estimate of drug-likeness (QED) is 0.904. The second kappa shape index (κ2) is 7.21. The van der Waals surface area contributed by atoms with E-state index in [1.807, 2.05) is 37.3 Å². The Balaban J connectivity index is 1.52. The molecule has 0 radical (unpaired) electrons. The molecule has 1 aromatic heterocycles. The number of aromatic nitrogens is 2. The highest BCUT2D eigenvalue weighted by molar-refractivity contribution is 5.17. The number of rotatable bonds is 5. The van der Waals surface area contributed by atoms with Crippen molar-refractivity contribution in [3.8, 4) is 0 Å². The summed E-state index contributed by atoms with van der Waals surface area (Å²) in [5, 5.41) is 14.2. The van der Waals surface area contributed by atoms with E-state index in [9.17, 15) is 5.11 Å². The summed E-state index contributed by atoms with van der Waals surface area (Å²) in [5.74, 6) is 1.35. The Hall–Kier alpha value is -1.76. The summed E-state index contributed by atoms with van der Waals surface area (Å²) in [7, 11) is 0. The summed E-state index contributed by atoms with van der Waals surface area (Å²) in [5.41, 5.74) is 0.975. The van der Waals surface area contributed by atoms with Crippen LogP contribution in [0.4, 0.5) is 0 Å². The molecule has 0 amide bonds. The first kappa shape index (κ1) is 16.1. The van der Waals surface area contributed by atoms with E-state index in [2.05, 4.69) is 26.9 Å². The second-order valence-corrected chi connectivity index (χ2v) is 6.24. The lowest BCUT2D eigenvalue weighted by atomic mass is 10.1. The third-order valence-corrected chi connectivity index (χ3v) is 4.37. The van der Waals surface area contributed by atoms with Crippen LogP contribution in [0.15, 0.2) is 34.9 Å². The van der Waals surface area contributed by atoms with Crippen molar-refractivity contribution >= 4 is 0 Å². The van der Waals surface area contributed by atoms with Crippen molar-refractivity contribution in [2.24, 2.45) is 0 Å². The van der Waals surface area contributed by atoms with Crippen LogP contribution in [0.3, 0.4) is 0 Å². The van der Waals surface area contributed by atoms with Crippen molar-refractivity contribution in [1.29, 1.82) is 0 Å². The van der Waals surface area contributed by atoms with Gasteiger partial charge in [-0.15, -0.1) is 0 Å². The van der Waals surface area contributed by atoms with Crippen LogP contribution in [-0.4, -0.2) is 57.3 Å². The fraction of sp³-hybridized carbons (Fsp3) is 0.529. The van der Waals surface area contributed by atoms with E-state index in [-0.39, 0.29) is 0 Å². The topological polar surface area (TPSA) is 65.6 Å². The standard InChI is InChI=1S/C17H24N4O2/c1-13-10-20(12-17-18-14(2)19-23-17)8-9-21(13)11-16(22)15-6-4-3-5-7-15/h3-7,13,16,22H,8-12H2,1-2H3/t13-,16-/m1/s1. The Kier molecular flexibility index (Phi) is 5.05. The van der Waals surface area contributed by atoms with Crippen molar-refractivity contribution in [2.75, 3.05) is 26.2 Å². The van der Waals surface area contributed by atoms with Crippen LogP contribution in [0.2, 0.25) is 0 Å². The van der Waals surface area contributed by atoms with Crippen molar-refractivity contribution in [3.63, 3.8) is 0 Å². The van der Waals surface area contributed by atoms with Gasteiger partial charge in [-0.1, -0.05) is 35.5 Å². The summed E-state index contributed by atoms with van der Waals surface area (Å²) in [6.07, 6.45) is -0.441. The van der Waals surface area contributed by atoms with Gasteiger partial charge in [-0.05, 0) is 19.4 Å². The molecular weight excluding hydrogens is 292 g/mol. The smallest absolute Gasteiger partial charge is 0.240 e. The molecule has 0 unspecified atom stereocenters. The van der Waals surface area contributed by atoms with Gasteiger partial charge in [-0.2, -0.15) is 4.98 Å². The molecule has 2 heterocycles. The van der Waals surface area contributed by atoms with Gasteiger partial charge in [0.05, 0.1) is 12.6 Å². The fourth-order valence-electron chi connectivity index (χ4n) is 3.08. The van der Waals surface area contributed by atoms with Crippen LogP contribution in [0.5, 0.6) is 0 Å². The van der Waals surface area contributed by atoms with Gasteiger partial charge in [-0.25, -0.2) is 0 Å². The van der Waals surface area contributed by atoms with Crippen molar-refractivity contribution < 1.29 is 9.63 Å². The molecule has 6 heteroatoms. The Labute approximate surface area is 136 Å². The van der Waals surface area contributed by atoms with Gasteiger partial charge in [0.2, 0.25) is 5.89 Å². The molecule has 1 aliphatic heterocycles. The first-order valence-corrected chi connectivity index (χ1v) is 8.10. The summed E-state index contributed by atoms with van der Waals surface area (Å²) >= 11 is 0. The maximum atomic E-state index is 10.4. The van der Waals surface area contributed by atoms with E-state index in [4.69, 9.17) is 4.52 Å². The number of aryl methyl sites for hydroxylation is 1. The van der Waals surface area contributed by atoms with Crippen LogP contribution in [0.25, 0.3) is 0 Å². The highest BCUT2D eigenvalue weighted by Gasteiger charge is 2.26. The number of benzene rings is 1. The molecule has 2 aromatic rings. The molecule has 1 fully saturated rings. The molecule has 3 rings (SSSR count). The van der Waals surface area contributed by atoms with E-state index in [1.54, 1.807) is 0 Å². The lowest BCUT2D eigenvalue weighted by molar-refractivity contribution is 0.0328. The maximum absolute atomic E-state index is 10.4. The van der Waals surface area contributed by atoms with Crippen molar-refractivity contribution in [3.05, 3.63) is 47.6 Å². The molecular formula is C17H24N4O2. The van der Waals surface area contributed by atoms with Gasteiger partial charge in [0.25, 0.3) is 0 Å². The molecule has 1 aliphatic rings. The second-order valence-electron chi connectivity index (χ2n) is 6.24. The third kappa shape index (κ3) is 4.16. The number of nitrogens with zero attached hydrogens (tertiary/aromatic N) is 4. The molecule has 1 N–H and O–H groups in total. The van der Waals surface area contributed by atoms with Crippen molar-refractivity contribution in [2.45, 2.75) is 32.5 Å². The van der Waals surface area contributed by atoms with Gasteiger partial charge in [0.1, 0.15) is 0 Å². The molecule has 1 aromatic carbocycles. The average molecular weight is 316 g/mol. The van der Waals surface area contributed by atoms with E-state index in [0.717, 1.165) is 25.2 Å². The Morgan fingerprint density at radius 1 is 1.30 bits per heavy atom. The number of β-amino-alcohol motifs (C(OH)–C–C–N with tert-alkyl or cyclic N) is 1. The number of piperazine rings is 1. The number of aliphatic hydroxyl groups is 1. The summed E-state index contributed by atoms with van der Waals surface area (Å²) in [6, 6.07) is 10.2. The van der Waals surface area contributed by atoms with Gasteiger partial charge in [0, 0.05) is 32.2 Å². The zero-order chi connectivity index (χ0) is 16.2. The Morgan fingerprint density at radius 3 is 2.74 bits per heavy atom. The average Bonchev–Trinajstić information content (AvgIpc) is 2.96. The summed E-state index contributed by atoms with van der Waals surface area (Å²) in [6.45, 7) is 8.19. The predicted molar refractivity (Wildman–Crippen MR) is 86.7 cm³/mol. The monoisotopic (exact) mass is 316 g/mol.